The Morgan fingerprint density at radius 2 is 2.40 bits per heavy atom. The SMILES string of the molecule is Cc1cc[nH]c(=S)c1C#N. The molecule has 0 radical (unpaired) electrons. The predicted molar refractivity (Wildman–Crippen MR) is 41.1 cm³/mol. The summed E-state index contributed by atoms with van der Waals surface area (Å²) < 4.78 is 0.516. The minimum absolute atomic E-state index is 0.516. The highest BCUT2D eigenvalue weighted by Gasteiger charge is 1.95. The highest BCUT2D eigenvalue weighted by molar-refractivity contribution is 7.71. The first-order valence-corrected chi connectivity index (χ1v) is 3.25. The van der Waals surface area contributed by atoms with E-state index in [1.54, 1.807) is 6.20 Å². The van der Waals surface area contributed by atoms with Crippen LogP contribution in [0.1, 0.15) is 11.1 Å². The van der Waals surface area contributed by atoms with Gasteiger partial charge in [-0.1, -0.05) is 12.2 Å². The van der Waals surface area contributed by atoms with Crippen molar-refractivity contribution in [2.75, 3.05) is 0 Å². The Hall–Kier alpha value is -1.14. The number of nitriles is 1. The number of aryl methyl sites for hydroxylation is 1. The van der Waals surface area contributed by atoms with Crippen LogP contribution in [0.4, 0.5) is 0 Å². The number of nitrogens with zero attached hydrogens (tertiary/aromatic N) is 1. The van der Waals surface area contributed by atoms with Crippen LogP contribution in [-0.2, 0) is 0 Å². The molecule has 1 heterocycles. The Balaban J connectivity index is 3.50. The molecule has 0 aromatic carbocycles. The molecule has 0 unspecified atom stereocenters. The van der Waals surface area contributed by atoms with Gasteiger partial charge in [-0.25, -0.2) is 0 Å². The van der Waals surface area contributed by atoms with Crippen molar-refractivity contribution >= 4 is 12.2 Å². The van der Waals surface area contributed by atoms with E-state index in [-0.39, 0.29) is 0 Å². The van der Waals surface area contributed by atoms with Crippen LogP contribution in [0.15, 0.2) is 12.3 Å². The first-order valence-electron chi connectivity index (χ1n) is 2.84. The van der Waals surface area contributed by atoms with E-state index in [0.717, 1.165) is 5.56 Å². The first-order chi connectivity index (χ1) is 4.75. The predicted octanol–water partition coefficient (Wildman–Crippen LogP) is 1.92. The lowest BCUT2D eigenvalue weighted by Crippen LogP contribution is -1.84. The second-order valence-electron chi connectivity index (χ2n) is 1.98. The maximum absolute atomic E-state index is 8.56. The smallest absolute Gasteiger partial charge is 0.121 e. The van der Waals surface area contributed by atoms with E-state index in [9.17, 15) is 0 Å². The first kappa shape index (κ1) is 6.97. The maximum Gasteiger partial charge on any atom is 0.121 e. The second kappa shape index (κ2) is 2.63. The van der Waals surface area contributed by atoms with Crippen LogP contribution in [0.2, 0.25) is 0 Å². The third-order valence-corrected chi connectivity index (χ3v) is 1.60. The summed E-state index contributed by atoms with van der Waals surface area (Å²) >= 11 is 4.86. The third kappa shape index (κ3) is 1.07. The van der Waals surface area contributed by atoms with Gasteiger partial charge in [0.05, 0.1) is 5.56 Å². The molecule has 0 spiro atoms. The van der Waals surface area contributed by atoms with E-state index in [2.05, 4.69) is 4.98 Å². The Kier molecular flexibility index (Phi) is 1.83. The van der Waals surface area contributed by atoms with E-state index in [4.69, 9.17) is 17.5 Å². The quantitative estimate of drug-likeness (QED) is 0.574. The van der Waals surface area contributed by atoms with Crippen molar-refractivity contribution in [3.05, 3.63) is 28.0 Å². The Morgan fingerprint density at radius 1 is 1.70 bits per heavy atom. The average Bonchev–Trinajstić information content (AvgIpc) is 1.88. The number of nitrogens with one attached hydrogen (secondary N) is 1. The number of aromatic nitrogens is 1. The molecule has 0 fully saturated rings. The van der Waals surface area contributed by atoms with Crippen LogP contribution in [0, 0.1) is 22.9 Å². The summed E-state index contributed by atoms with van der Waals surface area (Å²) in [4.78, 5) is 2.78. The number of aromatic amines is 1. The lowest BCUT2D eigenvalue weighted by atomic mass is 10.2. The summed E-state index contributed by atoms with van der Waals surface area (Å²) in [6.07, 6.45) is 1.73. The molecule has 3 heteroatoms. The van der Waals surface area contributed by atoms with E-state index < -0.39 is 0 Å². The molecule has 1 N–H and O–H groups in total. The van der Waals surface area contributed by atoms with Gasteiger partial charge in [0.25, 0.3) is 0 Å². The molecule has 0 atom stereocenters. The normalized spacial score (nSPS) is 8.80. The zero-order valence-corrected chi connectivity index (χ0v) is 6.33. The highest BCUT2D eigenvalue weighted by Crippen LogP contribution is 2.04. The van der Waals surface area contributed by atoms with Gasteiger partial charge in [-0.3, -0.25) is 0 Å². The summed E-state index contributed by atoms with van der Waals surface area (Å²) in [6, 6.07) is 3.86. The molecule has 0 saturated heterocycles. The molecule has 2 nitrogen and oxygen atoms in total. The van der Waals surface area contributed by atoms with E-state index in [1.165, 1.54) is 0 Å². The van der Waals surface area contributed by atoms with Crippen LogP contribution in [0.5, 0.6) is 0 Å². The molecule has 1 aromatic heterocycles. The minimum Gasteiger partial charge on any atom is -0.352 e. The summed E-state index contributed by atoms with van der Waals surface area (Å²) in [5.74, 6) is 0. The fourth-order valence-corrected chi connectivity index (χ4v) is 0.991. The Bertz CT molecular complexity index is 332. The summed E-state index contributed by atoms with van der Waals surface area (Å²) in [6.45, 7) is 1.86. The van der Waals surface area contributed by atoms with Crippen molar-refractivity contribution < 1.29 is 0 Å². The molecular weight excluding hydrogens is 144 g/mol. The van der Waals surface area contributed by atoms with Gasteiger partial charge >= 0.3 is 0 Å². The van der Waals surface area contributed by atoms with Gasteiger partial charge in [0.2, 0.25) is 0 Å². The van der Waals surface area contributed by atoms with E-state index in [0.29, 0.717) is 10.2 Å². The lowest BCUT2D eigenvalue weighted by Gasteiger charge is -1.93. The molecule has 10 heavy (non-hydrogen) atoms. The Labute approximate surface area is 64.1 Å². The van der Waals surface area contributed by atoms with Crippen LogP contribution >= 0.6 is 12.2 Å². The molecule has 1 rings (SSSR count). The Morgan fingerprint density at radius 3 is 2.80 bits per heavy atom. The highest BCUT2D eigenvalue weighted by atomic mass is 32.1. The van der Waals surface area contributed by atoms with Crippen molar-refractivity contribution in [3.63, 3.8) is 0 Å². The van der Waals surface area contributed by atoms with Gasteiger partial charge in [0.15, 0.2) is 0 Å². The van der Waals surface area contributed by atoms with Crippen molar-refractivity contribution in [1.29, 1.82) is 5.26 Å². The number of hydrogen-bond acceptors (Lipinski definition) is 2. The summed E-state index contributed by atoms with van der Waals surface area (Å²) in [5, 5.41) is 8.56. The molecule has 0 bridgehead atoms. The maximum atomic E-state index is 8.56. The lowest BCUT2D eigenvalue weighted by molar-refractivity contribution is 1.23. The van der Waals surface area contributed by atoms with Crippen molar-refractivity contribution in [1.82, 2.24) is 4.98 Å². The zero-order chi connectivity index (χ0) is 7.56. The molecule has 0 amide bonds. The van der Waals surface area contributed by atoms with Crippen LogP contribution < -0.4 is 0 Å². The van der Waals surface area contributed by atoms with Gasteiger partial charge in [-0.2, -0.15) is 5.26 Å². The zero-order valence-electron chi connectivity index (χ0n) is 5.51. The molecule has 0 saturated carbocycles. The summed E-state index contributed by atoms with van der Waals surface area (Å²) in [5.41, 5.74) is 1.49. The molecule has 0 aliphatic rings. The fourth-order valence-electron chi connectivity index (χ4n) is 0.716. The third-order valence-electron chi connectivity index (χ3n) is 1.28. The van der Waals surface area contributed by atoms with Crippen LogP contribution in [-0.4, -0.2) is 4.98 Å². The van der Waals surface area contributed by atoms with Gasteiger partial charge < -0.3 is 4.98 Å². The second-order valence-corrected chi connectivity index (χ2v) is 2.38. The van der Waals surface area contributed by atoms with Crippen LogP contribution in [0.3, 0.4) is 0 Å². The minimum atomic E-state index is 0.516. The van der Waals surface area contributed by atoms with Gasteiger partial charge in [0.1, 0.15) is 10.7 Å². The average molecular weight is 150 g/mol. The van der Waals surface area contributed by atoms with Gasteiger partial charge in [-0.15, -0.1) is 0 Å². The van der Waals surface area contributed by atoms with Crippen LogP contribution in [0.25, 0.3) is 0 Å². The van der Waals surface area contributed by atoms with Crippen molar-refractivity contribution in [3.8, 4) is 6.07 Å². The standard InChI is InChI=1S/C7H6N2S/c1-5-2-3-9-7(10)6(5)4-8/h2-3H,1H3,(H,9,10). The molecule has 0 aliphatic carbocycles. The molecule has 50 valence electrons. The number of pyridine rings is 1. The van der Waals surface area contributed by atoms with Crippen molar-refractivity contribution in [2.24, 2.45) is 0 Å². The fraction of sp³-hybridized carbons (Fsp3) is 0.143. The topological polar surface area (TPSA) is 39.6 Å². The number of rotatable bonds is 0. The van der Waals surface area contributed by atoms with E-state index >= 15 is 0 Å². The number of hydrogen-bond donors (Lipinski definition) is 1. The van der Waals surface area contributed by atoms with Crippen molar-refractivity contribution in [2.45, 2.75) is 6.92 Å². The molecule has 1 aromatic rings. The molecular formula is C7H6N2S. The summed E-state index contributed by atoms with van der Waals surface area (Å²) in [7, 11) is 0. The number of H-pyrrole nitrogens is 1. The molecule has 0 aliphatic heterocycles. The monoisotopic (exact) mass is 150 g/mol. The van der Waals surface area contributed by atoms with Gasteiger partial charge in [0, 0.05) is 6.20 Å². The van der Waals surface area contributed by atoms with E-state index in [1.807, 2.05) is 19.1 Å². The largest absolute Gasteiger partial charge is 0.352 e. The van der Waals surface area contributed by atoms with Gasteiger partial charge in [-0.05, 0) is 18.6 Å².